The third-order valence-corrected chi connectivity index (χ3v) is 7.02. The number of aromatic hydroxyl groups is 1. The number of hydrogen-bond acceptors (Lipinski definition) is 5. The molecule has 5 nitrogen and oxygen atoms in total. The van der Waals surface area contributed by atoms with Gasteiger partial charge >= 0.3 is 0 Å². The summed E-state index contributed by atoms with van der Waals surface area (Å²) in [5, 5.41) is 10.0. The minimum atomic E-state index is -0.308. The number of alkyl halides is 1. The number of hydrogen-bond donors (Lipinski definition) is 1. The van der Waals surface area contributed by atoms with Gasteiger partial charge in [0.2, 0.25) is 0 Å². The number of nitrogens with zero attached hydrogens (tertiary/aromatic N) is 1. The van der Waals surface area contributed by atoms with Crippen molar-refractivity contribution in [2.75, 3.05) is 39.5 Å². The van der Waals surface area contributed by atoms with E-state index in [-0.39, 0.29) is 24.4 Å². The fraction of sp³-hybridized carbons (Fsp3) is 0.310. The molecule has 6 rings (SSSR count). The Morgan fingerprint density at radius 2 is 1.80 bits per heavy atom. The van der Waals surface area contributed by atoms with Crippen LogP contribution in [0.4, 0.5) is 4.39 Å². The molecule has 180 valence electrons. The predicted octanol–water partition coefficient (Wildman–Crippen LogP) is 5.50. The number of rotatable bonds is 6. The molecule has 3 aromatic rings. The number of phenols is 1. The number of ether oxygens (including phenoxy) is 3. The number of fused-ring (bicyclic) bond motifs is 4. The van der Waals surface area contributed by atoms with Gasteiger partial charge in [-0.3, -0.25) is 9.29 Å². The molecule has 1 atom stereocenters. The fourth-order valence-electron chi connectivity index (χ4n) is 5.22. The van der Waals surface area contributed by atoms with Crippen LogP contribution in [0.1, 0.15) is 29.2 Å². The van der Waals surface area contributed by atoms with Crippen molar-refractivity contribution in [2.24, 2.45) is 5.92 Å². The molecule has 1 saturated heterocycles. The summed E-state index contributed by atoms with van der Waals surface area (Å²) in [6.07, 6.45) is 0.445. The van der Waals surface area contributed by atoms with Gasteiger partial charge in [-0.2, -0.15) is 0 Å². The van der Waals surface area contributed by atoms with Crippen molar-refractivity contribution < 1.29 is 23.7 Å². The van der Waals surface area contributed by atoms with E-state index in [1.54, 1.807) is 12.1 Å². The summed E-state index contributed by atoms with van der Waals surface area (Å²) in [7, 11) is 0. The smallest absolute Gasteiger partial charge is 0.150 e. The number of halogens is 1. The van der Waals surface area contributed by atoms with Crippen LogP contribution in [-0.2, 0) is 0 Å². The zero-order valence-corrected chi connectivity index (χ0v) is 19.5. The molecule has 3 aromatic carbocycles. The maximum Gasteiger partial charge on any atom is 0.150 e. The second kappa shape index (κ2) is 9.27. The van der Waals surface area contributed by atoms with Gasteiger partial charge in [-0.1, -0.05) is 30.3 Å². The molecule has 0 aromatic heterocycles. The molecule has 35 heavy (non-hydrogen) atoms. The Morgan fingerprint density at radius 3 is 2.63 bits per heavy atom. The monoisotopic (exact) mass is 473 g/mol. The van der Waals surface area contributed by atoms with Crippen LogP contribution in [0, 0.1) is 5.92 Å². The standard InChI is InChI=1S/C29H28FNO4/c30-16-19-17-31(18-19)12-14-33-22-8-5-20(6-9-22)29-28-24(23-3-1-2-4-26(23)35-29)11-13-34-27-15-21(32)7-10-25(27)28/h1-10,15,19,29,32H,11-14,16-18H2. The van der Waals surface area contributed by atoms with Crippen LogP contribution in [0.25, 0.3) is 11.1 Å². The summed E-state index contributed by atoms with van der Waals surface area (Å²) in [6.45, 7) is 3.32. The Labute approximate surface area is 204 Å². The Hall–Kier alpha value is -3.51. The highest BCUT2D eigenvalue weighted by Crippen LogP contribution is 2.51. The molecule has 0 aliphatic carbocycles. The predicted molar refractivity (Wildman–Crippen MR) is 133 cm³/mol. The first-order valence-electron chi connectivity index (χ1n) is 12.2. The zero-order chi connectivity index (χ0) is 23.8. The fourth-order valence-corrected chi connectivity index (χ4v) is 5.22. The number of para-hydroxylation sites is 1. The third kappa shape index (κ3) is 4.23. The Balaban J connectivity index is 1.28. The van der Waals surface area contributed by atoms with Crippen LogP contribution in [0.2, 0.25) is 0 Å². The third-order valence-electron chi connectivity index (χ3n) is 7.02. The maximum atomic E-state index is 12.6. The maximum absolute atomic E-state index is 12.6. The average Bonchev–Trinajstić information content (AvgIpc) is 3.05. The van der Waals surface area contributed by atoms with E-state index in [2.05, 4.69) is 11.0 Å². The highest BCUT2D eigenvalue weighted by Gasteiger charge is 2.34. The van der Waals surface area contributed by atoms with Gasteiger partial charge in [-0.15, -0.1) is 0 Å². The normalized spacial score (nSPS) is 19.4. The summed E-state index contributed by atoms with van der Waals surface area (Å²) in [4.78, 5) is 2.21. The van der Waals surface area contributed by atoms with E-state index >= 15 is 0 Å². The van der Waals surface area contributed by atoms with Crippen molar-refractivity contribution >= 4 is 11.1 Å². The van der Waals surface area contributed by atoms with Crippen molar-refractivity contribution in [1.82, 2.24) is 4.90 Å². The Bertz CT molecular complexity index is 1250. The minimum absolute atomic E-state index is 0.182. The van der Waals surface area contributed by atoms with Crippen LogP contribution in [0.15, 0.2) is 66.7 Å². The summed E-state index contributed by atoms with van der Waals surface area (Å²) in [5.74, 6) is 2.71. The van der Waals surface area contributed by atoms with E-state index in [1.807, 2.05) is 48.5 Å². The molecule has 3 heterocycles. The highest BCUT2D eigenvalue weighted by molar-refractivity contribution is 5.98. The van der Waals surface area contributed by atoms with E-state index in [9.17, 15) is 9.50 Å². The van der Waals surface area contributed by atoms with Gasteiger partial charge in [0.05, 0.1) is 13.3 Å². The lowest BCUT2D eigenvalue weighted by Gasteiger charge is -2.37. The van der Waals surface area contributed by atoms with E-state index in [1.165, 1.54) is 5.57 Å². The molecule has 3 aliphatic heterocycles. The summed E-state index contributed by atoms with van der Waals surface area (Å²) in [6, 6.07) is 21.5. The second-order valence-electron chi connectivity index (χ2n) is 9.36. The molecule has 0 radical (unpaired) electrons. The molecule has 0 saturated carbocycles. The number of phenolic OH excluding ortho intramolecular Hbond substituents is 1. The Kier molecular flexibility index (Phi) is 5.82. The largest absolute Gasteiger partial charge is 0.508 e. The van der Waals surface area contributed by atoms with Gasteiger partial charge in [-0.25, -0.2) is 0 Å². The summed E-state index contributed by atoms with van der Waals surface area (Å²) in [5.41, 5.74) is 5.34. The van der Waals surface area contributed by atoms with E-state index in [4.69, 9.17) is 14.2 Å². The minimum Gasteiger partial charge on any atom is -0.508 e. The molecule has 6 heteroatoms. The lowest BCUT2D eigenvalue weighted by molar-refractivity contribution is 0.0668. The summed E-state index contributed by atoms with van der Waals surface area (Å²) >= 11 is 0. The van der Waals surface area contributed by atoms with Crippen LogP contribution >= 0.6 is 0 Å². The van der Waals surface area contributed by atoms with Gasteiger partial charge in [0.15, 0.2) is 0 Å². The highest BCUT2D eigenvalue weighted by atomic mass is 19.1. The first-order chi connectivity index (χ1) is 17.2. The molecular weight excluding hydrogens is 445 g/mol. The lowest BCUT2D eigenvalue weighted by Crippen LogP contribution is -2.49. The van der Waals surface area contributed by atoms with Gasteiger partial charge < -0.3 is 19.3 Å². The number of likely N-dealkylation sites (tertiary alicyclic amines) is 1. The topological polar surface area (TPSA) is 51.2 Å². The number of benzene rings is 3. The van der Waals surface area contributed by atoms with Crippen LogP contribution in [-0.4, -0.2) is 49.5 Å². The van der Waals surface area contributed by atoms with Crippen molar-refractivity contribution in [1.29, 1.82) is 0 Å². The van der Waals surface area contributed by atoms with Crippen LogP contribution in [0.3, 0.4) is 0 Å². The second-order valence-corrected chi connectivity index (χ2v) is 9.36. The van der Waals surface area contributed by atoms with Crippen LogP contribution < -0.4 is 14.2 Å². The molecule has 1 fully saturated rings. The SMILES string of the molecule is Oc1ccc2c(c1)OCCC1=C2C(c2ccc(OCCN3CC(CF)C3)cc2)Oc2ccccc21. The first-order valence-corrected chi connectivity index (χ1v) is 12.2. The quantitative estimate of drug-likeness (QED) is 0.512. The van der Waals surface area contributed by atoms with Crippen molar-refractivity contribution in [2.45, 2.75) is 12.5 Å². The van der Waals surface area contributed by atoms with Crippen molar-refractivity contribution in [3.05, 3.63) is 83.4 Å². The van der Waals surface area contributed by atoms with Gasteiger partial charge in [0.25, 0.3) is 0 Å². The lowest BCUT2D eigenvalue weighted by atomic mass is 9.84. The van der Waals surface area contributed by atoms with Gasteiger partial charge in [0.1, 0.15) is 35.7 Å². The van der Waals surface area contributed by atoms with E-state index in [0.717, 1.165) is 59.8 Å². The molecule has 0 bridgehead atoms. The average molecular weight is 474 g/mol. The molecule has 1 unspecified atom stereocenters. The van der Waals surface area contributed by atoms with Gasteiger partial charge in [0, 0.05) is 54.7 Å². The molecule has 0 spiro atoms. The first kappa shape index (κ1) is 22.0. The molecule has 3 aliphatic rings. The summed E-state index contributed by atoms with van der Waals surface area (Å²) < 4.78 is 31.1. The van der Waals surface area contributed by atoms with Crippen molar-refractivity contribution in [3.8, 4) is 23.0 Å². The molecule has 0 amide bonds. The molecular formula is C29H28FNO4. The Morgan fingerprint density at radius 1 is 0.971 bits per heavy atom. The van der Waals surface area contributed by atoms with E-state index < -0.39 is 0 Å². The molecule has 1 N–H and O–H groups in total. The van der Waals surface area contributed by atoms with Crippen LogP contribution in [0.5, 0.6) is 23.0 Å². The van der Waals surface area contributed by atoms with Crippen molar-refractivity contribution in [3.63, 3.8) is 0 Å². The zero-order valence-electron chi connectivity index (χ0n) is 19.5. The van der Waals surface area contributed by atoms with Gasteiger partial charge in [-0.05, 0) is 41.5 Å². The van der Waals surface area contributed by atoms with E-state index in [0.29, 0.717) is 19.0 Å².